The Morgan fingerprint density at radius 2 is 1.65 bits per heavy atom. The molecule has 2 aliphatic rings. The van der Waals surface area contributed by atoms with E-state index in [1.54, 1.807) is 0 Å². The fraction of sp³-hybridized carbons (Fsp3) is 0.714. The van der Waals surface area contributed by atoms with Crippen molar-refractivity contribution in [3.63, 3.8) is 0 Å². The normalized spacial score (nSPS) is 21.2. The molecule has 0 atom stereocenters. The molecular formula is C14H21N3. The van der Waals surface area contributed by atoms with E-state index in [-0.39, 0.29) is 0 Å². The number of nitrogens with two attached hydrogens (primary N) is 1. The Morgan fingerprint density at radius 1 is 0.882 bits per heavy atom. The Labute approximate surface area is 103 Å². The van der Waals surface area contributed by atoms with Crippen LogP contribution in [0.1, 0.15) is 67.9 Å². The van der Waals surface area contributed by atoms with Gasteiger partial charge in [0.1, 0.15) is 11.6 Å². The monoisotopic (exact) mass is 231 g/mol. The molecule has 0 unspecified atom stereocenters. The first kappa shape index (κ1) is 11.0. The summed E-state index contributed by atoms with van der Waals surface area (Å²) >= 11 is 0. The van der Waals surface area contributed by atoms with Gasteiger partial charge < -0.3 is 5.73 Å². The molecule has 0 saturated heterocycles. The van der Waals surface area contributed by atoms with Gasteiger partial charge in [-0.05, 0) is 32.1 Å². The SMILES string of the molecule is Nc1nc(C2CCCCCC2)nc2c1CCC2. The summed E-state index contributed by atoms with van der Waals surface area (Å²) < 4.78 is 0. The van der Waals surface area contributed by atoms with Gasteiger partial charge in [0.15, 0.2) is 0 Å². The lowest BCUT2D eigenvalue weighted by Crippen LogP contribution is -2.09. The van der Waals surface area contributed by atoms with Crippen LogP contribution in [0.2, 0.25) is 0 Å². The zero-order valence-corrected chi connectivity index (χ0v) is 10.4. The molecule has 2 aliphatic carbocycles. The Morgan fingerprint density at radius 3 is 2.41 bits per heavy atom. The second kappa shape index (κ2) is 4.63. The molecule has 0 amide bonds. The summed E-state index contributed by atoms with van der Waals surface area (Å²) in [6, 6.07) is 0. The molecule has 1 aromatic rings. The van der Waals surface area contributed by atoms with Crippen molar-refractivity contribution in [1.82, 2.24) is 9.97 Å². The van der Waals surface area contributed by atoms with Crippen LogP contribution in [0.15, 0.2) is 0 Å². The van der Waals surface area contributed by atoms with Crippen LogP contribution in [-0.4, -0.2) is 9.97 Å². The highest BCUT2D eigenvalue weighted by atomic mass is 15.0. The molecular weight excluding hydrogens is 210 g/mol. The van der Waals surface area contributed by atoms with Gasteiger partial charge in [0.25, 0.3) is 0 Å². The van der Waals surface area contributed by atoms with Crippen molar-refractivity contribution in [3.8, 4) is 0 Å². The van der Waals surface area contributed by atoms with E-state index in [2.05, 4.69) is 4.98 Å². The van der Waals surface area contributed by atoms with Gasteiger partial charge in [-0.3, -0.25) is 0 Å². The molecule has 3 rings (SSSR count). The third-order valence-electron chi connectivity index (χ3n) is 4.20. The molecule has 0 radical (unpaired) electrons. The lowest BCUT2D eigenvalue weighted by atomic mass is 9.99. The average molecular weight is 231 g/mol. The number of anilines is 1. The fourth-order valence-electron chi connectivity index (χ4n) is 3.20. The number of nitrogens with zero attached hydrogens (tertiary/aromatic N) is 2. The summed E-state index contributed by atoms with van der Waals surface area (Å²) in [5.74, 6) is 2.35. The number of hydrogen-bond donors (Lipinski definition) is 1. The molecule has 1 aromatic heterocycles. The number of aromatic nitrogens is 2. The number of nitrogen functional groups attached to an aromatic ring is 1. The highest BCUT2D eigenvalue weighted by Gasteiger charge is 2.22. The van der Waals surface area contributed by atoms with Gasteiger partial charge in [-0.15, -0.1) is 0 Å². The first-order chi connectivity index (χ1) is 8.34. The van der Waals surface area contributed by atoms with Crippen molar-refractivity contribution in [2.24, 2.45) is 0 Å². The number of fused-ring (bicyclic) bond motifs is 1. The van der Waals surface area contributed by atoms with E-state index in [0.717, 1.165) is 24.5 Å². The number of rotatable bonds is 1. The fourth-order valence-corrected chi connectivity index (χ4v) is 3.20. The summed E-state index contributed by atoms with van der Waals surface area (Å²) in [7, 11) is 0. The Bertz CT molecular complexity index is 406. The van der Waals surface area contributed by atoms with Gasteiger partial charge in [0.05, 0.1) is 0 Å². The van der Waals surface area contributed by atoms with E-state index in [9.17, 15) is 0 Å². The average Bonchev–Trinajstić information content (AvgIpc) is 2.63. The van der Waals surface area contributed by atoms with Crippen molar-refractivity contribution < 1.29 is 0 Å². The van der Waals surface area contributed by atoms with Gasteiger partial charge in [0.2, 0.25) is 0 Å². The lowest BCUT2D eigenvalue weighted by molar-refractivity contribution is 0.558. The minimum absolute atomic E-state index is 0.561. The molecule has 1 saturated carbocycles. The predicted octanol–water partition coefficient (Wildman–Crippen LogP) is 2.99. The Kier molecular flexibility index (Phi) is 3.00. The van der Waals surface area contributed by atoms with Crippen molar-refractivity contribution in [1.29, 1.82) is 0 Å². The van der Waals surface area contributed by atoms with Crippen LogP contribution in [0.5, 0.6) is 0 Å². The topological polar surface area (TPSA) is 51.8 Å². The van der Waals surface area contributed by atoms with Crippen LogP contribution in [0.4, 0.5) is 5.82 Å². The maximum Gasteiger partial charge on any atom is 0.134 e. The molecule has 0 spiro atoms. The minimum atomic E-state index is 0.561. The van der Waals surface area contributed by atoms with E-state index in [4.69, 9.17) is 10.7 Å². The highest BCUT2D eigenvalue weighted by Crippen LogP contribution is 2.32. The van der Waals surface area contributed by atoms with Gasteiger partial charge in [0, 0.05) is 17.2 Å². The van der Waals surface area contributed by atoms with Crippen LogP contribution in [0.25, 0.3) is 0 Å². The molecule has 1 fully saturated rings. The molecule has 1 heterocycles. The third kappa shape index (κ3) is 2.15. The van der Waals surface area contributed by atoms with Crippen LogP contribution in [0, 0.1) is 0 Å². The van der Waals surface area contributed by atoms with Gasteiger partial charge >= 0.3 is 0 Å². The number of aryl methyl sites for hydroxylation is 1. The third-order valence-corrected chi connectivity index (χ3v) is 4.20. The number of hydrogen-bond acceptors (Lipinski definition) is 3. The molecule has 92 valence electrons. The summed E-state index contributed by atoms with van der Waals surface area (Å²) in [6.07, 6.45) is 11.3. The van der Waals surface area contributed by atoms with E-state index < -0.39 is 0 Å². The summed E-state index contributed by atoms with van der Waals surface area (Å²) in [4.78, 5) is 9.37. The molecule has 0 aliphatic heterocycles. The second-order valence-corrected chi connectivity index (χ2v) is 5.43. The van der Waals surface area contributed by atoms with Crippen molar-refractivity contribution in [2.75, 3.05) is 5.73 Å². The van der Waals surface area contributed by atoms with Crippen LogP contribution < -0.4 is 5.73 Å². The zero-order valence-electron chi connectivity index (χ0n) is 10.4. The zero-order chi connectivity index (χ0) is 11.7. The first-order valence-corrected chi connectivity index (χ1v) is 7.00. The summed E-state index contributed by atoms with van der Waals surface area (Å²) in [5.41, 5.74) is 8.52. The molecule has 0 aromatic carbocycles. The van der Waals surface area contributed by atoms with Crippen molar-refractivity contribution in [2.45, 2.75) is 63.7 Å². The van der Waals surface area contributed by atoms with E-state index in [0.29, 0.717) is 5.92 Å². The maximum absolute atomic E-state index is 6.07. The van der Waals surface area contributed by atoms with E-state index in [1.807, 2.05) is 0 Å². The Balaban J connectivity index is 1.89. The van der Waals surface area contributed by atoms with Crippen LogP contribution >= 0.6 is 0 Å². The van der Waals surface area contributed by atoms with Crippen LogP contribution in [-0.2, 0) is 12.8 Å². The first-order valence-electron chi connectivity index (χ1n) is 7.00. The summed E-state index contributed by atoms with van der Waals surface area (Å²) in [6.45, 7) is 0. The minimum Gasteiger partial charge on any atom is -0.383 e. The molecule has 0 bridgehead atoms. The molecule has 2 N–H and O–H groups in total. The van der Waals surface area contributed by atoms with Gasteiger partial charge in [-0.25, -0.2) is 9.97 Å². The second-order valence-electron chi connectivity index (χ2n) is 5.43. The molecule has 3 nitrogen and oxygen atoms in total. The van der Waals surface area contributed by atoms with Gasteiger partial charge in [-0.1, -0.05) is 25.7 Å². The van der Waals surface area contributed by atoms with E-state index >= 15 is 0 Å². The van der Waals surface area contributed by atoms with E-state index in [1.165, 1.54) is 56.2 Å². The maximum atomic E-state index is 6.07. The standard InChI is InChI=1S/C14H21N3/c15-13-11-8-5-9-12(11)16-14(17-13)10-6-3-1-2-4-7-10/h10H,1-9H2,(H2,15,16,17). The Hall–Kier alpha value is -1.12. The highest BCUT2D eigenvalue weighted by molar-refractivity contribution is 5.45. The van der Waals surface area contributed by atoms with Crippen molar-refractivity contribution in [3.05, 3.63) is 17.1 Å². The quantitative estimate of drug-likeness (QED) is 0.756. The molecule has 3 heteroatoms. The smallest absolute Gasteiger partial charge is 0.134 e. The lowest BCUT2D eigenvalue weighted by Gasteiger charge is -2.14. The molecule has 17 heavy (non-hydrogen) atoms. The predicted molar refractivity (Wildman–Crippen MR) is 68.9 cm³/mol. The van der Waals surface area contributed by atoms with Crippen LogP contribution in [0.3, 0.4) is 0 Å². The van der Waals surface area contributed by atoms with Gasteiger partial charge in [-0.2, -0.15) is 0 Å². The van der Waals surface area contributed by atoms with Crippen molar-refractivity contribution >= 4 is 5.82 Å². The largest absolute Gasteiger partial charge is 0.383 e. The summed E-state index contributed by atoms with van der Waals surface area (Å²) in [5, 5.41) is 0.